The molecular formula is C21H17N3O4. The van der Waals surface area contributed by atoms with Gasteiger partial charge in [0.25, 0.3) is 5.91 Å². The molecule has 0 bridgehead atoms. The molecule has 1 atom stereocenters. The fourth-order valence-corrected chi connectivity index (χ4v) is 2.79. The summed E-state index contributed by atoms with van der Waals surface area (Å²) in [6.45, 7) is 1.94. The van der Waals surface area contributed by atoms with Crippen molar-refractivity contribution in [3.8, 4) is 5.88 Å². The van der Waals surface area contributed by atoms with Gasteiger partial charge in [-0.05, 0) is 36.8 Å². The maximum Gasteiger partial charge on any atom is 0.417 e. The van der Waals surface area contributed by atoms with Crippen molar-refractivity contribution >= 4 is 22.7 Å². The number of aromatic nitrogens is 2. The number of carbonyl (C=O) groups excluding carboxylic acids is 1. The van der Waals surface area contributed by atoms with E-state index in [-0.39, 0.29) is 12.0 Å². The molecule has 4 aromatic rings. The highest BCUT2D eigenvalue weighted by Gasteiger charge is 2.11. The van der Waals surface area contributed by atoms with E-state index >= 15 is 0 Å². The molecule has 0 aliphatic carbocycles. The van der Waals surface area contributed by atoms with Crippen molar-refractivity contribution in [2.24, 2.45) is 0 Å². The second-order valence-corrected chi connectivity index (χ2v) is 6.24. The summed E-state index contributed by atoms with van der Waals surface area (Å²) < 4.78 is 10.8. The highest BCUT2D eigenvalue weighted by molar-refractivity contribution is 6.04. The van der Waals surface area contributed by atoms with Crippen LogP contribution in [0.15, 0.2) is 76.1 Å². The summed E-state index contributed by atoms with van der Waals surface area (Å²) in [4.78, 5) is 30.4. The first kappa shape index (κ1) is 17.5. The largest absolute Gasteiger partial charge is 0.470 e. The highest BCUT2D eigenvalue weighted by Crippen LogP contribution is 2.21. The lowest BCUT2D eigenvalue weighted by Gasteiger charge is -2.14. The van der Waals surface area contributed by atoms with Crippen molar-refractivity contribution < 1.29 is 13.9 Å². The summed E-state index contributed by atoms with van der Waals surface area (Å²) >= 11 is 0. The quantitative estimate of drug-likeness (QED) is 0.551. The summed E-state index contributed by atoms with van der Waals surface area (Å²) in [6, 6.07) is 18.0. The van der Waals surface area contributed by atoms with E-state index in [1.807, 2.05) is 37.3 Å². The SMILES string of the molecule is CC(Oc1ccc(C(=O)Nc2ccc3oc(=O)[nH]c3c2)cn1)c1ccccc1. The predicted octanol–water partition coefficient (Wildman–Crippen LogP) is 3.91. The van der Waals surface area contributed by atoms with Gasteiger partial charge >= 0.3 is 5.76 Å². The standard InChI is InChI=1S/C21H17N3O4/c1-13(14-5-3-2-4-6-14)27-19-10-7-15(12-22-19)20(25)23-16-8-9-18-17(11-16)24-21(26)28-18/h2-13H,1H3,(H,23,25)(H,24,26). The van der Waals surface area contributed by atoms with E-state index in [0.29, 0.717) is 28.2 Å². The lowest BCUT2D eigenvalue weighted by molar-refractivity contribution is 0.102. The third-order valence-electron chi connectivity index (χ3n) is 4.24. The van der Waals surface area contributed by atoms with Gasteiger partial charge < -0.3 is 14.5 Å². The number of hydrogen-bond donors (Lipinski definition) is 2. The summed E-state index contributed by atoms with van der Waals surface area (Å²) in [5, 5.41) is 2.76. The van der Waals surface area contributed by atoms with Crippen LogP contribution in [0.3, 0.4) is 0 Å². The number of nitrogens with zero attached hydrogens (tertiary/aromatic N) is 1. The van der Waals surface area contributed by atoms with Gasteiger partial charge in [0.15, 0.2) is 5.58 Å². The molecule has 0 aliphatic rings. The van der Waals surface area contributed by atoms with Crippen LogP contribution in [0.2, 0.25) is 0 Å². The van der Waals surface area contributed by atoms with Gasteiger partial charge in [-0.2, -0.15) is 0 Å². The molecule has 7 heteroatoms. The second kappa shape index (κ2) is 7.40. The first-order valence-corrected chi connectivity index (χ1v) is 8.70. The third kappa shape index (κ3) is 3.78. The average molecular weight is 375 g/mol. The number of H-pyrrole nitrogens is 1. The molecule has 2 heterocycles. The molecule has 0 radical (unpaired) electrons. The molecular weight excluding hydrogens is 358 g/mol. The molecule has 1 unspecified atom stereocenters. The number of pyridine rings is 1. The number of hydrogen-bond acceptors (Lipinski definition) is 5. The number of fused-ring (bicyclic) bond motifs is 1. The Morgan fingerprint density at radius 1 is 1.14 bits per heavy atom. The zero-order valence-electron chi connectivity index (χ0n) is 15.0. The molecule has 0 saturated heterocycles. The van der Waals surface area contributed by atoms with E-state index in [1.165, 1.54) is 6.20 Å². The van der Waals surface area contributed by atoms with E-state index < -0.39 is 5.76 Å². The van der Waals surface area contributed by atoms with E-state index in [9.17, 15) is 9.59 Å². The second-order valence-electron chi connectivity index (χ2n) is 6.24. The van der Waals surface area contributed by atoms with Crippen LogP contribution < -0.4 is 15.8 Å². The molecule has 7 nitrogen and oxygen atoms in total. The summed E-state index contributed by atoms with van der Waals surface area (Å²) in [7, 11) is 0. The Labute approximate surface area is 160 Å². The Morgan fingerprint density at radius 2 is 1.96 bits per heavy atom. The molecule has 2 aromatic heterocycles. The number of anilines is 1. The van der Waals surface area contributed by atoms with Crippen LogP contribution in [0.25, 0.3) is 11.1 Å². The van der Waals surface area contributed by atoms with Crippen LogP contribution >= 0.6 is 0 Å². The fraction of sp³-hybridized carbons (Fsp3) is 0.0952. The molecule has 140 valence electrons. The lowest BCUT2D eigenvalue weighted by Crippen LogP contribution is -2.12. The summed E-state index contributed by atoms with van der Waals surface area (Å²) in [5.74, 6) is -0.423. The van der Waals surface area contributed by atoms with E-state index in [2.05, 4.69) is 15.3 Å². The summed E-state index contributed by atoms with van der Waals surface area (Å²) in [5.41, 5.74) is 2.91. The van der Waals surface area contributed by atoms with E-state index in [0.717, 1.165) is 5.56 Å². The molecule has 1 amide bonds. The Kier molecular flexibility index (Phi) is 4.63. The van der Waals surface area contributed by atoms with Crippen LogP contribution in [0.5, 0.6) is 5.88 Å². The first-order chi connectivity index (χ1) is 13.6. The number of aromatic amines is 1. The Bertz CT molecular complexity index is 1160. The van der Waals surface area contributed by atoms with Crippen molar-refractivity contribution in [2.75, 3.05) is 5.32 Å². The Balaban J connectivity index is 1.43. The molecule has 0 spiro atoms. The molecule has 2 aromatic carbocycles. The minimum absolute atomic E-state index is 0.155. The zero-order valence-corrected chi connectivity index (χ0v) is 15.0. The van der Waals surface area contributed by atoms with E-state index in [1.54, 1.807) is 30.3 Å². The number of carbonyl (C=O) groups is 1. The normalized spacial score (nSPS) is 11.9. The minimum atomic E-state index is -0.539. The molecule has 0 aliphatic heterocycles. The van der Waals surface area contributed by atoms with Gasteiger partial charge in [-0.3, -0.25) is 9.78 Å². The number of amides is 1. The van der Waals surface area contributed by atoms with Crippen LogP contribution in [0, 0.1) is 0 Å². The number of rotatable bonds is 5. The van der Waals surface area contributed by atoms with Gasteiger partial charge in [0, 0.05) is 18.0 Å². The maximum absolute atomic E-state index is 12.4. The van der Waals surface area contributed by atoms with Gasteiger partial charge in [-0.1, -0.05) is 30.3 Å². The maximum atomic E-state index is 12.4. The number of oxazole rings is 1. The lowest BCUT2D eigenvalue weighted by atomic mass is 10.1. The van der Waals surface area contributed by atoms with E-state index in [4.69, 9.17) is 9.15 Å². The van der Waals surface area contributed by atoms with Crippen molar-refractivity contribution in [2.45, 2.75) is 13.0 Å². The van der Waals surface area contributed by atoms with Crippen LogP contribution in [-0.4, -0.2) is 15.9 Å². The van der Waals surface area contributed by atoms with Crippen LogP contribution in [0.4, 0.5) is 5.69 Å². The van der Waals surface area contributed by atoms with Crippen LogP contribution in [0.1, 0.15) is 28.9 Å². The molecule has 2 N–H and O–H groups in total. The molecule has 4 rings (SSSR count). The number of nitrogens with one attached hydrogen (secondary N) is 2. The van der Waals surface area contributed by atoms with Crippen LogP contribution in [-0.2, 0) is 0 Å². The predicted molar refractivity (Wildman–Crippen MR) is 105 cm³/mol. The molecule has 0 fully saturated rings. The third-order valence-corrected chi connectivity index (χ3v) is 4.24. The van der Waals surface area contributed by atoms with Gasteiger partial charge in [0.1, 0.15) is 6.10 Å². The zero-order chi connectivity index (χ0) is 19.5. The monoisotopic (exact) mass is 375 g/mol. The summed E-state index contributed by atoms with van der Waals surface area (Å²) in [6.07, 6.45) is 1.30. The smallest absolute Gasteiger partial charge is 0.417 e. The average Bonchev–Trinajstić information content (AvgIpc) is 3.08. The minimum Gasteiger partial charge on any atom is -0.470 e. The molecule has 28 heavy (non-hydrogen) atoms. The van der Waals surface area contributed by atoms with Gasteiger partial charge in [0.2, 0.25) is 5.88 Å². The highest BCUT2D eigenvalue weighted by atomic mass is 16.5. The van der Waals surface area contributed by atoms with Crippen molar-refractivity contribution in [1.82, 2.24) is 9.97 Å². The van der Waals surface area contributed by atoms with Gasteiger partial charge in [0.05, 0.1) is 11.1 Å². The van der Waals surface area contributed by atoms with Gasteiger partial charge in [-0.15, -0.1) is 0 Å². The topological polar surface area (TPSA) is 97.2 Å². The van der Waals surface area contributed by atoms with Crippen molar-refractivity contribution in [3.63, 3.8) is 0 Å². The molecule has 0 saturated carbocycles. The van der Waals surface area contributed by atoms with Crippen molar-refractivity contribution in [3.05, 3.63) is 88.5 Å². The number of ether oxygens (including phenoxy) is 1. The fourth-order valence-electron chi connectivity index (χ4n) is 2.79. The number of benzene rings is 2. The van der Waals surface area contributed by atoms with Gasteiger partial charge in [-0.25, -0.2) is 9.78 Å². The Hall–Kier alpha value is -3.87. The Morgan fingerprint density at radius 3 is 2.71 bits per heavy atom. The van der Waals surface area contributed by atoms with Crippen molar-refractivity contribution in [1.29, 1.82) is 0 Å². The first-order valence-electron chi connectivity index (χ1n) is 8.70.